The van der Waals surface area contributed by atoms with Crippen LogP contribution in [0.15, 0.2) is 41.3 Å². The summed E-state index contributed by atoms with van der Waals surface area (Å²) in [5.41, 5.74) is -0.695. The summed E-state index contributed by atoms with van der Waals surface area (Å²) in [6.45, 7) is 2.62. The van der Waals surface area contributed by atoms with Crippen LogP contribution in [0.1, 0.15) is 12.5 Å². The van der Waals surface area contributed by atoms with Crippen LogP contribution in [0.5, 0.6) is 0 Å². The zero-order valence-electron chi connectivity index (χ0n) is 18.6. The molecule has 13 heteroatoms. The summed E-state index contributed by atoms with van der Waals surface area (Å²) in [6, 6.07) is 6.21. The second kappa shape index (κ2) is 9.47. The van der Waals surface area contributed by atoms with E-state index in [9.17, 15) is 30.8 Å². The minimum Gasteiger partial charge on any atom is -0.368 e. The largest absolute Gasteiger partial charge is 0.418 e. The van der Waals surface area contributed by atoms with Gasteiger partial charge in [0.2, 0.25) is 15.9 Å². The number of sulfonamides is 1. The molecule has 2 aromatic carbocycles. The Morgan fingerprint density at radius 1 is 1.06 bits per heavy atom. The quantitative estimate of drug-likeness (QED) is 0.609. The average molecular weight is 535 g/mol. The molecule has 4 rings (SSSR count). The van der Waals surface area contributed by atoms with Gasteiger partial charge in [0.25, 0.3) is 0 Å². The average Bonchev–Trinajstić information content (AvgIpc) is 2.78. The Labute approximate surface area is 205 Å². The number of benzene rings is 2. The Kier molecular flexibility index (Phi) is 6.91. The molecule has 0 bridgehead atoms. The summed E-state index contributed by atoms with van der Waals surface area (Å²) in [7, 11) is -4.06. The van der Waals surface area contributed by atoms with Gasteiger partial charge in [-0.1, -0.05) is 11.6 Å². The van der Waals surface area contributed by atoms with E-state index in [-0.39, 0.29) is 47.7 Å². The molecule has 2 aliphatic heterocycles. The van der Waals surface area contributed by atoms with E-state index in [0.717, 1.165) is 12.1 Å². The summed E-state index contributed by atoms with van der Waals surface area (Å²) >= 11 is 6.34. The van der Waals surface area contributed by atoms with Crippen LogP contribution in [-0.2, 0) is 21.0 Å². The third-order valence-corrected chi connectivity index (χ3v) is 8.57. The van der Waals surface area contributed by atoms with E-state index in [1.54, 1.807) is 17.9 Å². The number of nitrogens with zero attached hydrogens (tertiary/aromatic N) is 3. The van der Waals surface area contributed by atoms with Crippen LogP contribution >= 0.6 is 11.6 Å². The Morgan fingerprint density at radius 3 is 2.43 bits per heavy atom. The lowest BCUT2D eigenvalue weighted by molar-refractivity contribution is -0.137. The highest BCUT2D eigenvalue weighted by atomic mass is 35.5. The lowest BCUT2D eigenvalue weighted by Gasteiger charge is -2.41. The number of piperazine rings is 2. The zero-order chi connectivity index (χ0) is 25.5. The van der Waals surface area contributed by atoms with E-state index in [4.69, 9.17) is 11.6 Å². The van der Waals surface area contributed by atoms with Crippen molar-refractivity contribution in [1.82, 2.24) is 9.62 Å². The number of hydrogen-bond donors (Lipinski definition) is 1. The molecule has 2 fully saturated rings. The predicted molar refractivity (Wildman–Crippen MR) is 124 cm³/mol. The molecule has 1 amide bonds. The molecule has 0 saturated carbocycles. The van der Waals surface area contributed by atoms with Crippen LogP contribution in [0.25, 0.3) is 0 Å². The zero-order valence-corrected chi connectivity index (χ0v) is 20.2. The number of anilines is 2. The van der Waals surface area contributed by atoms with E-state index in [2.05, 4.69) is 5.32 Å². The molecule has 0 radical (unpaired) electrons. The topological polar surface area (TPSA) is 73.0 Å². The molecule has 1 atom stereocenters. The summed E-state index contributed by atoms with van der Waals surface area (Å²) in [5.74, 6) is -1.15. The van der Waals surface area contributed by atoms with Crippen molar-refractivity contribution in [3.8, 4) is 0 Å². The molecule has 35 heavy (non-hydrogen) atoms. The minimum absolute atomic E-state index is 0.0130. The van der Waals surface area contributed by atoms with Crippen molar-refractivity contribution in [3.63, 3.8) is 0 Å². The fourth-order valence-corrected chi connectivity index (χ4v) is 6.54. The second-order valence-corrected chi connectivity index (χ2v) is 10.7. The monoisotopic (exact) mass is 534 g/mol. The van der Waals surface area contributed by atoms with Gasteiger partial charge in [-0.2, -0.15) is 17.5 Å². The highest BCUT2D eigenvalue weighted by Gasteiger charge is 2.39. The number of carbonyl (C=O) groups is 1. The first-order valence-corrected chi connectivity index (χ1v) is 12.6. The van der Waals surface area contributed by atoms with Gasteiger partial charge < -0.3 is 15.1 Å². The minimum atomic E-state index is -4.76. The van der Waals surface area contributed by atoms with E-state index < -0.39 is 33.6 Å². The molecule has 0 spiro atoms. The van der Waals surface area contributed by atoms with Gasteiger partial charge in [0.15, 0.2) is 0 Å². The summed E-state index contributed by atoms with van der Waals surface area (Å²) in [5, 5.41) is 2.70. The number of halogens is 5. The number of amides is 1. The third-order valence-electron chi connectivity index (χ3n) is 6.08. The maximum atomic E-state index is 13.5. The Bertz CT molecular complexity index is 1240. The third kappa shape index (κ3) is 5.19. The first-order valence-electron chi connectivity index (χ1n) is 10.8. The number of carbonyl (C=O) groups excluding carboxylic acids is 1. The predicted octanol–water partition coefficient (Wildman–Crippen LogP) is 3.33. The fourth-order valence-electron chi connectivity index (χ4n) is 4.41. The SMILES string of the molecule is C[C@@H]1CN(c2ccc(F)cc2C(F)(F)F)CCN1S(=O)(=O)c1ccc(N2CCNC(=O)C2)cc1Cl. The normalized spacial score (nSPS) is 20.2. The van der Waals surface area contributed by atoms with E-state index in [1.807, 2.05) is 0 Å². The highest BCUT2D eigenvalue weighted by molar-refractivity contribution is 7.89. The van der Waals surface area contributed by atoms with Crippen molar-refractivity contribution in [2.45, 2.75) is 24.0 Å². The van der Waals surface area contributed by atoms with Gasteiger partial charge in [-0.05, 0) is 43.3 Å². The summed E-state index contributed by atoms with van der Waals surface area (Å²) in [6.07, 6.45) is -4.76. The van der Waals surface area contributed by atoms with E-state index in [1.165, 1.54) is 21.3 Å². The molecular weight excluding hydrogens is 512 g/mol. The molecule has 7 nitrogen and oxygen atoms in total. The van der Waals surface area contributed by atoms with E-state index >= 15 is 0 Å². The second-order valence-electron chi connectivity index (χ2n) is 8.46. The van der Waals surface area contributed by atoms with Crippen molar-refractivity contribution in [2.24, 2.45) is 0 Å². The summed E-state index contributed by atoms with van der Waals surface area (Å²) < 4.78 is 81.9. The molecule has 190 valence electrons. The number of hydrogen-bond acceptors (Lipinski definition) is 5. The number of alkyl halides is 3. The van der Waals surface area contributed by atoms with Crippen LogP contribution in [0.3, 0.4) is 0 Å². The van der Waals surface area contributed by atoms with E-state index in [0.29, 0.717) is 24.8 Å². The maximum Gasteiger partial charge on any atom is 0.418 e. The molecular formula is C22H23ClF4N4O3S. The first kappa shape index (κ1) is 25.5. The van der Waals surface area contributed by atoms with Crippen LogP contribution in [0.2, 0.25) is 5.02 Å². The maximum absolute atomic E-state index is 13.5. The lowest BCUT2D eigenvalue weighted by Crippen LogP contribution is -2.54. The van der Waals surface area contributed by atoms with Gasteiger partial charge in [0, 0.05) is 50.1 Å². The molecule has 2 heterocycles. The van der Waals surface area contributed by atoms with Crippen molar-refractivity contribution in [1.29, 1.82) is 0 Å². The van der Waals surface area contributed by atoms with Crippen LogP contribution in [0, 0.1) is 5.82 Å². The smallest absolute Gasteiger partial charge is 0.368 e. The van der Waals surface area contributed by atoms with Gasteiger partial charge in [-0.3, -0.25) is 4.79 Å². The van der Waals surface area contributed by atoms with Crippen LogP contribution < -0.4 is 15.1 Å². The summed E-state index contributed by atoms with van der Waals surface area (Å²) in [4.78, 5) is 14.7. The molecule has 0 unspecified atom stereocenters. The van der Waals surface area contributed by atoms with Crippen LogP contribution in [-0.4, -0.2) is 63.9 Å². The van der Waals surface area contributed by atoms with Gasteiger partial charge in [-0.25, -0.2) is 12.8 Å². The number of nitrogens with one attached hydrogen (secondary N) is 1. The Hall–Kier alpha value is -2.57. The molecule has 1 N–H and O–H groups in total. The molecule has 2 saturated heterocycles. The Morgan fingerprint density at radius 2 is 1.80 bits per heavy atom. The van der Waals surface area contributed by atoms with Crippen LogP contribution in [0.4, 0.5) is 28.9 Å². The van der Waals surface area contributed by atoms with Gasteiger partial charge in [-0.15, -0.1) is 0 Å². The van der Waals surface area contributed by atoms with Crippen molar-refractivity contribution >= 4 is 38.9 Å². The Balaban J connectivity index is 1.55. The lowest BCUT2D eigenvalue weighted by atomic mass is 10.1. The molecule has 0 aliphatic carbocycles. The van der Waals surface area contributed by atoms with Crippen molar-refractivity contribution in [2.75, 3.05) is 49.1 Å². The van der Waals surface area contributed by atoms with Crippen molar-refractivity contribution < 1.29 is 30.8 Å². The van der Waals surface area contributed by atoms with Gasteiger partial charge in [0.1, 0.15) is 10.7 Å². The molecule has 0 aromatic heterocycles. The number of rotatable bonds is 4. The fraction of sp³-hybridized carbons (Fsp3) is 0.409. The van der Waals surface area contributed by atoms with Gasteiger partial charge >= 0.3 is 6.18 Å². The van der Waals surface area contributed by atoms with Gasteiger partial charge in [0.05, 0.1) is 17.1 Å². The van der Waals surface area contributed by atoms with Crippen molar-refractivity contribution in [3.05, 3.63) is 52.8 Å². The molecule has 2 aromatic rings. The molecule has 2 aliphatic rings. The first-order chi connectivity index (χ1) is 16.4. The highest BCUT2D eigenvalue weighted by Crippen LogP contribution is 2.38. The standard InChI is InChI=1S/C22H23ClF4N4O3S/c1-14-12-30(19-4-2-15(24)10-17(19)22(25,26)27)8-9-31(14)35(33,34)20-5-3-16(11-18(20)23)29-7-6-28-21(32)13-29/h2-5,10-11,14H,6-9,12-13H2,1H3,(H,28,32)/t14-/m1/s1.